The minimum absolute atomic E-state index is 0.214. The molecule has 0 bridgehead atoms. The van der Waals surface area contributed by atoms with Crippen LogP contribution in [0.25, 0.3) is 0 Å². The number of carbonyl (C=O) groups is 3. The third-order valence-electron chi connectivity index (χ3n) is 4.07. The molecule has 0 radical (unpaired) electrons. The van der Waals surface area contributed by atoms with E-state index in [-0.39, 0.29) is 23.7 Å². The predicted octanol–water partition coefficient (Wildman–Crippen LogP) is 3.39. The fraction of sp³-hybridized carbons (Fsp3) is 0.857. The van der Waals surface area contributed by atoms with Crippen LogP contribution in [-0.4, -0.2) is 47.5 Å². The molecule has 7 heteroatoms. The number of esters is 1. The Hall–Kier alpha value is -1.24. The molecule has 0 aromatic rings. The average Bonchev–Trinajstić information content (AvgIpc) is 2.51. The van der Waals surface area contributed by atoms with Crippen LogP contribution in [0.5, 0.6) is 0 Å². The lowest BCUT2D eigenvalue weighted by atomic mass is 9.85. The van der Waals surface area contributed by atoms with Crippen molar-refractivity contribution in [2.24, 2.45) is 17.3 Å². The number of ether oxygens (including phenoxy) is 1. The van der Waals surface area contributed by atoms with Gasteiger partial charge in [-0.15, -0.1) is 11.8 Å². The molecule has 0 heterocycles. The number of amides is 2. The Balaban J connectivity index is 5.79. The first-order chi connectivity index (χ1) is 12.6. The average molecular weight is 417 g/mol. The van der Waals surface area contributed by atoms with Crippen molar-refractivity contribution in [1.29, 1.82) is 0 Å². The van der Waals surface area contributed by atoms with Crippen molar-refractivity contribution < 1.29 is 19.1 Å². The van der Waals surface area contributed by atoms with Gasteiger partial charge in [-0.3, -0.25) is 14.4 Å². The third-order valence-corrected chi connectivity index (χ3v) is 5.29. The fourth-order valence-corrected chi connectivity index (χ4v) is 3.84. The molecule has 2 N–H and O–H groups in total. The van der Waals surface area contributed by atoms with Crippen LogP contribution in [0.4, 0.5) is 0 Å². The molecule has 0 aliphatic heterocycles. The van der Waals surface area contributed by atoms with E-state index in [0.717, 1.165) is 0 Å². The molecule has 0 aliphatic rings. The van der Waals surface area contributed by atoms with Crippen LogP contribution in [0.1, 0.15) is 68.7 Å². The molecule has 164 valence electrons. The highest BCUT2D eigenvalue weighted by Crippen LogP contribution is 2.29. The SMILES string of the molecule is CCS[C@H](C(=O)OC(C)(C)C)[C@@H](CC(C)C)C(=O)N[C@H](C(=O)NC)C(C)(C)C. The van der Waals surface area contributed by atoms with Crippen molar-refractivity contribution in [2.75, 3.05) is 12.8 Å². The molecular weight excluding hydrogens is 376 g/mol. The molecule has 0 spiro atoms. The first-order valence-corrected chi connectivity index (χ1v) is 11.0. The first-order valence-electron chi connectivity index (χ1n) is 10.0. The van der Waals surface area contributed by atoms with E-state index in [1.165, 1.54) is 11.8 Å². The minimum Gasteiger partial charge on any atom is -0.459 e. The lowest BCUT2D eigenvalue weighted by molar-refractivity contribution is -0.156. The van der Waals surface area contributed by atoms with E-state index in [0.29, 0.717) is 12.2 Å². The Morgan fingerprint density at radius 2 is 1.54 bits per heavy atom. The van der Waals surface area contributed by atoms with Gasteiger partial charge in [0.05, 0.1) is 5.92 Å². The number of nitrogens with one attached hydrogen (secondary N) is 2. The largest absolute Gasteiger partial charge is 0.459 e. The topological polar surface area (TPSA) is 84.5 Å². The van der Waals surface area contributed by atoms with Gasteiger partial charge in [0.15, 0.2) is 0 Å². The Bertz CT molecular complexity index is 536. The molecule has 2 amide bonds. The van der Waals surface area contributed by atoms with Crippen LogP contribution in [-0.2, 0) is 19.1 Å². The van der Waals surface area contributed by atoms with Crippen molar-refractivity contribution in [3.8, 4) is 0 Å². The molecule has 28 heavy (non-hydrogen) atoms. The van der Waals surface area contributed by atoms with Crippen molar-refractivity contribution in [1.82, 2.24) is 10.6 Å². The Morgan fingerprint density at radius 1 is 1.00 bits per heavy atom. The lowest BCUT2D eigenvalue weighted by Crippen LogP contribution is -2.55. The second kappa shape index (κ2) is 11.1. The summed E-state index contributed by atoms with van der Waals surface area (Å²) in [5.41, 5.74) is -1.09. The van der Waals surface area contributed by atoms with Crippen molar-refractivity contribution >= 4 is 29.5 Å². The molecule has 0 fully saturated rings. The van der Waals surface area contributed by atoms with Crippen LogP contribution >= 0.6 is 11.8 Å². The highest BCUT2D eigenvalue weighted by Gasteiger charge is 2.40. The van der Waals surface area contributed by atoms with Crippen molar-refractivity contribution in [2.45, 2.75) is 85.6 Å². The zero-order valence-corrected chi connectivity index (χ0v) is 20.1. The number of rotatable bonds is 9. The smallest absolute Gasteiger partial charge is 0.320 e. The van der Waals surface area contributed by atoms with Gasteiger partial charge < -0.3 is 15.4 Å². The maximum absolute atomic E-state index is 13.2. The van der Waals surface area contributed by atoms with Gasteiger partial charge in [-0.25, -0.2) is 0 Å². The molecule has 0 unspecified atom stereocenters. The van der Waals surface area contributed by atoms with E-state index >= 15 is 0 Å². The fourth-order valence-electron chi connectivity index (χ4n) is 2.83. The van der Waals surface area contributed by atoms with E-state index in [2.05, 4.69) is 10.6 Å². The van der Waals surface area contributed by atoms with Crippen LogP contribution in [0.3, 0.4) is 0 Å². The Labute approximate surface area is 175 Å². The van der Waals surface area contributed by atoms with Gasteiger partial charge in [0.25, 0.3) is 0 Å². The molecule has 0 saturated carbocycles. The number of hydrogen-bond acceptors (Lipinski definition) is 5. The monoisotopic (exact) mass is 416 g/mol. The van der Waals surface area contributed by atoms with E-state index in [1.807, 2.05) is 62.3 Å². The molecule has 0 rings (SSSR count). The molecule has 6 nitrogen and oxygen atoms in total. The minimum atomic E-state index is -0.689. The zero-order valence-electron chi connectivity index (χ0n) is 19.3. The lowest BCUT2D eigenvalue weighted by Gasteiger charge is -2.33. The number of likely N-dealkylation sites (N-methyl/N-ethyl adjacent to an activating group) is 1. The summed E-state index contributed by atoms with van der Waals surface area (Å²) in [5, 5.41) is 4.90. The Kier molecular flexibility index (Phi) is 10.6. The van der Waals surface area contributed by atoms with Gasteiger partial charge in [-0.05, 0) is 44.3 Å². The highest BCUT2D eigenvalue weighted by molar-refractivity contribution is 8.00. The number of carbonyl (C=O) groups excluding carboxylic acids is 3. The van der Waals surface area contributed by atoms with Gasteiger partial charge in [0.1, 0.15) is 16.9 Å². The summed E-state index contributed by atoms with van der Waals surface area (Å²) in [6.07, 6.45) is 0.535. The number of thioether (sulfide) groups is 1. The van der Waals surface area contributed by atoms with Gasteiger partial charge in [-0.1, -0.05) is 41.5 Å². The van der Waals surface area contributed by atoms with E-state index in [9.17, 15) is 14.4 Å². The van der Waals surface area contributed by atoms with Gasteiger partial charge >= 0.3 is 5.97 Å². The highest BCUT2D eigenvalue weighted by atomic mass is 32.2. The predicted molar refractivity (Wildman–Crippen MR) is 116 cm³/mol. The summed E-state index contributed by atoms with van der Waals surface area (Å²) in [6.45, 7) is 17.1. The number of hydrogen-bond donors (Lipinski definition) is 2. The van der Waals surface area contributed by atoms with E-state index < -0.39 is 28.2 Å². The van der Waals surface area contributed by atoms with Crippen LogP contribution in [0, 0.1) is 17.3 Å². The normalized spacial score (nSPS) is 15.5. The molecule has 0 aliphatic carbocycles. The van der Waals surface area contributed by atoms with Crippen LogP contribution in [0.15, 0.2) is 0 Å². The maximum Gasteiger partial charge on any atom is 0.320 e. The molecule has 0 saturated heterocycles. The maximum atomic E-state index is 13.2. The van der Waals surface area contributed by atoms with Crippen molar-refractivity contribution in [3.63, 3.8) is 0 Å². The quantitative estimate of drug-likeness (QED) is 0.563. The van der Waals surface area contributed by atoms with E-state index in [1.54, 1.807) is 7.05 Å². The summed E-state index contributed by atoms with van der Waals surface area (Å²) >= 11 is 1.42. The summed E-state index contributed by atoms with van der Waals surface area (Å²) in [5.74, 6) is -0.590. The summed E-state index contributed by atoms with van der Waals surface area (Å²) < 4.78 is 5.59. The van der Waals surface area contributed by atoms with Crippen LogP contribution in [0.2, 0.25) is 0 Å². The summed E-state index contributed by atoms with van der Waals surface area (Å²) in [4.78, 5) is 38.4. The third kappa shape index (κ3) is 9.30. The van der Waals surface area contributed by atoms with Gasteiger partial charge in [0, 0.05) is 7.05 Å². The van der Waals surface area contributed by atoms with Gasteiger partial charge in [0.2, 0.25) is 11.8 Å². The first kappa shape index (κ1) is 26.8. The Morgan fingerprint density at radius 3 is 1.89 bits per heavy atom. The second-order valence-corrected chi connectivity index (χ2v) is 11.0. The molecular formula is C21H40N2O4S. The van der Waals surface area contributed by atoms with Crippen molar-refractivity contribution in [3.05, 3.63) is 0 Å². The van der Waals surface area contributed by atoms with E-state index in [4.69, 9.17) is 4.74 Å². The molecule has 0 aromatic heterocycles. The summed E-state index contributed by atoms with van der Waals surface area (Å²) in [7, 11) is 1.55. The summed E-state index contributed by atoms with van der Waals surface area (Å²) in [6, 6.07) is -0.689. The molecule has 3 atom stereocenters. The molecule has 0 aromatic carbocycles. The standard InChI is InChI=1S/C21H40N2O4S/c1-11-28-15(19(26)27-21(7,8)9)14(12-13(2)3)17(24)23-16(18(25)22-10)20(4,5)6/h13-16H,11-12H2,1-10H3,(H,22,25)(H,23,24)/t14-,15+,16-/m1/s1. The van der Waals surface area contributed by atoms with Crippen LogP contribution < -0.4 is 10.6 Å². The van der Waals surface area contributed by atoms with Gasteiger partial charge in [-0.2, -0.15) is 0 Å². The second-order valence-electron chi connectivity index (χ2n) is 9.57. The zero-order chi connectivity index (χ0) is 22.3.